The van der Waals surface area contributed by atoms with Crippen LogP contribution in [0, 0.1) is 0 Å². The first-order chi connectivity index (χ1) is 10.4. The molecule has 1 aromatic carbocycles. The minimum absolute atomic E-state index is 0.227. The van der Waals surface area contributed by atoms with Crippen molar-refractivity contribution in [3.63, 3.8) is 0 Å². The molecular formula is C16H21N3O2. The minimum atomic E-state index is 0.227. The van der Waals surface area contributed by atoms with Gasteiger partial charge in [-0.1, -0.05) is 41.9 Å². The lowest BCUT2D eigenvalue weighted by molar-refractivity contribution is 0.122. The van der Waals surface area contributed by atoms with Crippen LogP contribution >= 0.6 is 0 Å². The summed E-state index contributed by atoms with van der Waals surface area (Å²) in [6.45, 7) is 2.25. The average Bonchev–Trinajstić information content (AvgIpc) is 3.02. The van der Waals surface area contributed by atoms with E-state index in [1.165, 1.54) is 18.4 Å². The smallest absolute Gasteiger partial charge is 0.243 e. The van der Waals surface area contributed by atoms with E-state index in [9.17, 15) is 0 Å². The van der Waals surface area contributed by atoms with Crippen LogP contribution in [0.2, 0.25) is 0 Å². The number of benzene rings is 1. The number of piperidine rings is 1. The molecule has 2 heterocycles. The van der Waals surface area contributed by atoms with Crippen molar-refractivity contribution in [2.24, 2.45) is 0 Å². The molecule has 2 aromatic rings. The minimum Gasteiger partial charge on any atom is -0.376 e. The Balaban J connectivity index is 1.42. The van der Waals surface area contributed by atoms with Crippen molar-refractivity contribution in [1.29, 1.82) is 0 Å². The first-order valence-electron chi connectivity index (χ1n) is 7.59. The SMILES string of the molecule is c1ccc(COCCc2noc([C@@H]3CCCCN3)n2)cc1. The highest BCUT2D eigenvalue weighted by Gasteiger charge is 2.20. The van der Waals surface area contributed by atoms with Crippen LogP contribution in [-0.2, 0) is 17.8 Å². The molecule has 0 spiro atoms. The maximum atomic E-state index is 5.64. The highest BCUT2D eigenvalue weighted by Crippen LogP contribution is 2.21. The Bertz CT molecular complexity index is 535. The van der Waals surface area contributed by atoms with Gasteiger partial charge in [0, 0.05) is 6.42 Å². The molecule has 0 bridgehead atoms. The van der Waals surface area contributed by atoms with Crippen LogP contribution in [0.1, 0.15) is 42.6 Å². The third kappa shape index (κ3) is 4.12. The number of ether oxygens (including phenoxy) is 1. The van der Waals surface area contributed by atoms with Gasteiger partial charge in [0.2, 0.25) is 5.89 Å². The van der Waals surface area contributed by atoms with E-state index in [2.05, 4.69) is 27.6 Å². The molecule has 5 heteroatoms. The van der Waals surface area contributed by atoms with Gasteiger partial charge in [0.05, 0.1) is 19.3 Å². The molecule has 1 aliphatic rings. The van der Waals surface area contributed by atoms with E-state index in [0.717, 1.165) is 18.8 Å². The fourth-order valence-electron chi connectivity index (χ4n) is 2.50. The molecule has 1 aromatic heterocycles. The summed E-state index contributed by atoms with van der Waals surface area (Å²) in [5.41, 5.74) is 1.18. The molecule has 1 atom stereocenters. The van der Waals surface area contributed by atoms with Crippen LogP contribution in [0.3, 0.4) is 0 Å². The van der Waals surface area contributed by atoms with Crippen LogP contribution in [0.15, 0.2) is 34.9 Å². The molecule has 0 unspecified atom stereocenters. The van der Waals surface area contributed by atoms with Crippen molar-refractivity contribution in [3.05, 3.63) is 47.6 Å². The fraction of sp³-hybridized carbons (Fsp3) is 0.500. The summed E-state index contributed by atoms with van der Waals surface area (Å²) in [5, 5.41) is 7.44. The third-order valence-corrected chi connectivity index (χ3v) is 3.67. The number of nitrogens with zero attached hydrogens (tertiary/aromatic N) is 2. The second-order valence-electron chi connectivity index (χ2n) is 5.34. The summed E-state index contributed by atoms with van der Waals surface area (Å²) >= 11 is 0. The zero-order valence-corrected chi connectivity index (χ0v) is 12.1. The van der Waals surface area contributed by atoms with Gasteiger partial charge in [-0.15, -0.1) is 0 Å². The first kappa shape index (κ1) is 14.2. The normalized spacial score (nSPS) is 18.8. The Morgan fingerprint density at radius 2 is 2.14 bits per heavy atom. The highest BCUT2D eigenvalue weighted by molar-refractivity contribution is 5.13. The molecule has 0 amide bonds. The lowest BCUT2D eigenvalue weighted by atomic mass is 10.1. The monoisotopic (exact) mass is 287 g/mol. The summed E-state index contributed by atoms with van der Waals surface area (Å²) in [4.78, 5) is 4.46. The van der Waals surface area contributed by atoms with E-state index in [-0.39, 0.29) is 6.04 Å². The number of hydrogen-bond acceptors (Lipinski definition) is 5. The van der Waals surface area contributed by atoms with Gasteiger partial charge in [-0.25, -0.2) is 0 Å². The maximum absolute atomic E-state index is 5.64. The predicted octanol–water partition coefficient (Wildman–Crippen LogP) is 2.64. The molecule has 3 rings (SSSR count). The van der Waals surface area contributed by atoms with Gasteiger partial charge in [-0.3, -0.25) is 0 Å². The largest absolute Gasteiger partial charge is 0.376 e. The van der Waals surface area contributed by atoms with Crippen molar-refractivity contribution in [1.82, 2.24) is 15.5 Å². The molecular weight excluding hydrogens is 266 g/mol. The summed E-state index contributed by atoms with van der Waals surface area (Å²) < 4.78 is 11.0. The van der Waals surface area contributed by atoms with Crippen LogP contribution < -0.4 is 5.32 Å². The molecule has 21 heavy (non-hydrogen) atoms. The summed E-state index contributed by atoms with van der Waals surface area (Å²) in [6, 6.07) is 10.4. The van der Waals surface area contributed by atoms with E-state index < -0.39 is 0 Å². The topological polar surface area (TPSA) is 60.2 Å². The molecule has 112 valence electrons. The van der Waals surface area contributed by atoms with Crippen LogP contribution in [0.5, 0.6) is 0 Å². The van der Waals surface area contributed by atoms with E-state index in [1.54, 1.807) is 0 Å². The maximum Gasteiger partial charge on any atom is 0.243 e. The number of hydrogen-bond donors (Lipinski definition) is 1. The van der Waals surface area contributed by atoms with Crippen molar-refractivity contribution in [2.45, 2.75) is 38.3 Å². The molecule has 1 N–H and O–H groups in total. The van der Waals surface area contributed by atoms with E-state index in [4.69, 9.17) is 9.26 Å². The zero-order chi connectivity index (χ0) is 14.3. The Labute approximate surface area is 124 Å². The zero-order valence-electron chi connectivity index (χ0n) is 12.1. The van der Waals surface area contributed by atoms with Crippen molar-refractivity contribution >= 4 is 0 Å². The average molecular weight is 287 g/mol. The highest BCUT2D eigenvalue weighted by atomic mass is 16.5. The quantitative estimate of drug-likeness (QED) is 0.828. The van der Waals surface area contributed by atoms with Crippen molar-refractivity contribution in [2.75, 3.05) is 13.2 Å². The van der Waals surface area contributed by atoms with Crippen LogP contribution in [0.25, 0.3) is 0 Å². The van der Waals surface area contributed by atoms with Gasteiger partial charge in [-0.2, -0.15) is 4.98 Å². The molecule has 0 radical (unpaired) electrons. The number of nitrogens with one attached hydrogen (secondary N) is 1. The number of aromatic nitrogens is 2. The molecule has 1 fully saturated rings. The van der Waals surface area contributed by atoms with Gasteiger partial charge in [0.1, 0.15) is 0 Å². The Hall–Kier alpha value is -1.72. The second kappa shape index (κ2) is 7.33. The summed E-state index contributed by atoms with van der Waals surface area (Å²) in [7, 11) is 0. The molecule has 1 saturated heterocycles. The van der Waals surface area contributed by atoms with Gasteiger partial charge < -0.3 is 14.6 Å². The van der Waals surface area contributed by atoms with E-state index in [1.807, 2.05) is 18.2 Å². The standard InChI is InChI=1S/C16H21N3O2/c1-2-6-13(7-3-1)12-20-11-9-15-18-16(21-19-15)14-8-4-5-10-17-14/h1-3,6-7,14,17H,4-5,8-12H2/t14-/m0/s1. The van der Waals surface area contributed by atoms with Crippen molar-refractivity contribution < 1.29 is 9.26 Å². The van der Waals surface area contributed by atoms with Gasteiger partial charge in [-0.05, 0) is 24.9 Å². The predicted molar refractivity (Wildman–Crippen MR) is 78.7 cm³/mol. The van der Waals surface area contributed by atoms with Crippen LogP contribution in [-0.4, -0.2) is 23.3 Å². The van der Waals surface area contributed by atoms with Gasteiger partial charge in [0.25, 0.3) is 0 Å². The Morgan fingerprint density at radius 3 is 2.95 bits per heavy atom. The third-order valence-electron chi connectivity index (χ3n) is 3.67. The second-order valence-corrected chi connectivity index (χ2v) is 5.34. The van der Waals surface area contributed by atoms with Gasteiger partial charge in [0.15, 0.2) is 5.82 Å². The molecule has 0 aliphatic carbocycles. The van der Waals surface area contributed by atoms with Gasteiger partial charge >= 0.3 is 0 Å². The fourth-order valence-corrected chi connectivity index (χ4v) is 2.50. The first-order valence-corrected chi connectivity index (χ1v) is 7.59. The summed E-state index contributed by atoms with van der Waals surface area (Å²) in [6.07, 6.45) is 4.20. The molecule has 1 aliphatic heterocycles. The van der Waals surface area contributed by atoms with Crippen molar-refractivity contribution in [3.8, 4) is 0 Å². The lowest BCUT2D eigenvalue weighted by Gasteiger charge is -2.19. The lowest BCUT2D eigenvalue weighted by Crippen LogP contribution is -2.27. The van der Waals surface area contributed by atoms with E-state index in [0.29, 0.717) is 25.5 Å². The summed E-state index contributed by atoms with van der Waals surface area (Å²) in [5.74, 6) is 1.44. The Morgan fingerprint density at radius 1 is 1.24 bits per heavy atom. The molecule has 5 nitrogen and oxygen atoms in total. The number of rotatable bonds is 6. The van der Waals surface area contributed by atoms with E-state index >= 15 is 0 Å². The van der Waals surface area contributed by atoms with Crippen LogP contribution in [0.4, 0.5) is 0 Å². The Kier molecular flexibility index (Phi) is 4.97. The molecule has 0 saturated carbocycles.